The van der Waals surface area contributed by atoms with Gasteiger partial charge in [0.1, 0.15) is 11.2 Å². The average molecular weight is 355 g/mol. The quantitative estimate of drug-likeness (QED) is 0.473. The monoisotopic (exact) mass is 354 g/mol. The lowest BCUT2D eigenvalue weighted by atomic mass is 9.94. The van der Waals surface area contributed by atoms with Crippen LogP contribution in [-0.4, -0.2) is 39.2 Å². The Morgan fingerprint density at radius 1 is 1.12 bits per heavy atom. The summed E-state index contributed by atoms with van der Waals surface area (Å²) in [5.74, 6) is -0.364. The number of amidine groups is 1. The Morgan fingerprint density at radius 3 is 2.56 bits per heavy atom. The second-order valence-corrected chi connectivity index (χ2v) is 6.72. The van der Waals surface area contributed by atoms with Gasteiger partial charge < -0.3 is 0 Å². The third-order valence-electron chi connectivity index (χ3n) is 4.95. The number of aromatic nitrogens is 1. The van der Waals surface area contributed by atoms with Crippen LogP contribution in [0.1, 0.15) is 35.9 Å². The first kappa shape index (κ1) is 16.0. The van der Waals surface area contributed by atoms with E-state index in [0.717, 1.165) is 23.4 Å². The Morgan fingerprint density at radius 2 is 1.88 bits per heavy atom. The van der Waals surface area contributed by atoms with Crippen molar-refractivity contribution in [1.82, 2.24) is 9.88 Å². The van der Waals surface area contributed by atoms with Gasteiger partial charge >= 0.3 is 11.8 Å². The van der Waals surface area contributed by atoms with Gasteiger partial charge in [-0.25, -0.2) is 19.1 Å². The van der Waals surface area contributed by atoms with Crippen molar-refractivity contribution in [2.24, 2.45) is 0 Å². The molecule has 126 valence electrons. The molecule has 0 radical (unpaired) electrons. The molecule has 0 N–H and O–H groups in total. The molecule has 1 saturated heterocycles. The molecule has 2 aromatic rings. The number of likely N-dealkylation sites (N-methyl/N-ethyl adjacent to an activating group) is 1. The first-order valence-corrected chi connectivity index (χ1v) is 8.58. The molecule has 3 heterocycles. The van der Waals surface area contributed by atoms with E-state index < -0.39 is 5.92 Å². The topological polar surface area (TPSA) is 53.3 Å². The summed E-state index contributed by atoms with van der Waals surface area (Å²) in [5, 5.41) is 0.422. The van der Waals surface area contributed by atoms with E-state index in [1.165, 1.54) is 0 Å². The first-order chi connectivity index (χ1) is 12.1. The standard InChI is InChI=1S/C19H17ClN3O2/c1-22-16-10-8-14(13-7-9-15(20)21-11-13)23(16)19(25)17(18(22)24)12-5-3-2-4-6-12/h2-7,9,11,14,17H,8,10H2,1H3/q+1. The van der Waals surface area contributed by atoms with Crippen LogP contribution in [0.3, 0.4) is 0 Å². The van der Waals surface area contributed by atoms with Crippen molar-refractivity contribution in [3.63, 3.8) is 0 Å². The molecule has 6 heteroatoms. The Labute approximate surface area is 150 Å². The smallest absolute Gasteiger partial charge is 0.245 e. The van der Waals surface area contributed by atoms with E-state index in [2.05, 4.69) is 4.98 Å². The molecule has 1 aromatic heterocycles. The summed E-state index contributed by atoms with van der Waals surface area (Å²) in [7, 11) is 1.75. The molecule has 2 atom stereocenters. The van der Waals surface area contributed by atoms with Gasteiger partial charge in [-0.05, 0) is 11.6 Å². The van der Waals surface area contributed by atoms with Crippen molar-refractivity contribution >= 4 is 29.3 Å². The van der Waals surface area contributed by atoms with E-state index in [0.29, 0.717) is 11.6 Å². The summed E-state index contributed by atoms with van der Waals surface area (Å²) >= 11 is 5.88. The number of amides is 2. The highest BCUT2D eigenvalue weighted by molar-refractivity contribution is 6.29. The van der Waals surface area contributed by atoms with Crippen molar-refractivity contribution in [3.05, 3.63) is 64.9 Å². The van der Waals surface area contributed by atoms with Gasteiger partial charge in [0.2, 0.25) is 0 Å². The van der Waals surface area contributed by atoms with E-state index in [9.17, 15) is 9.59 Å². The van der Waals surface area contributed by atoms with Crippen LogP contribution in [0.4, 0.5) is 0 Å². The number of rotatable bonds is 2. The second kappa shape index (κ2) is 6.08. The molecule has 0 saturated carbocycles. The highest BCUT2D eigenvalue weighted by Crippen LogP contribution is 2.38. The molecular weight excluding hydrogens is 338 g/mol. The molecule has 1 fully saturated rings. The van der Waals surface area contributed by atoms with Crippen LogP contribution in [0.15, 0.2) is 48.7 Å². The lowest BCUT2D eigenvalue weighted by Crippen LogP contribution is -2.51. The van der Waals surface area contributed by atoms with Gasteiger partial charge in [-0.1, -0.05) is 48.0 Å². The second-order valence-electron chi connectivity index (χ2n) is 6.33. The van der Waals surface area contributed by atoms with Crippen molar-refractivity contribution in [3.8, 4) is 0 Å². The minimum atomic E-state index is -0.796. The summed E-state index contributed by atoms with van der Waals surface area (Å²) < 4.78 is 1.63. The minimum Gasteiger partial charge on any atom is -0.245 e. The molecule has 0 bridgehead atoms. The number of fused-ring (bicyclic) bond motifs is 1. The summed E-state index contributed by atoms with van der Waals surface area (Å²) in [6.07, 6.45) is 3.16. The third-order valence-corrected chi connectivity index (χ3v) is 5.17. The summed E-state index contributed by atoms with van der Waals surface area (Å²) in [4.78, 5) is 31.9. The Bertz CT molecular complexity index is 877. The van der Waals surface area contributed by atoms with Gasteiger partial charge in [-0.15, -0.1) is 0 Å². The number of pyridine rings is 1. The molecule has 2 unspecified atom stereocenters. The lowest BCUT2D eigenvalue weighted by molar-refractivity contribution is -0.428. The zero-order valence-electron chi connectivity index (χ0n) is 13.7. The van der Waals surface area contributed by atoms with Gasteiger partial charge in [0.15, 0.2) is 5.92 Å². The molecule has 0 aliphatic carbocycles. The van der Waals surface area contributed by atoms with Crippen LogP contribution >= 0.6 is 11.6 Å². The van der Waals surface area contributed by atoms with Crippen LogP contribution in [0, 0.1) is 0 Å². The van der Waals surface area contributed by atoms with Gasteiger partial charge in [0, 0.05) is 18.2 Å². The van der Waals surface area contributed by atoms with E-state index >= 15 is 0 Å². The molecule has 2 amide bonds. The van der Waals surface area contributed by atoms with Crippen LogP contribution in [0.25, 0.3) is 0 Å². The van der Waals surface area contributed by atoms with E-state index in [1.807, 2.05) is 36.4 Å². The fourth-order valence-electron chi connectivity index (χ4n) is 3.70. The van der Waals surface area contributed by atoms with Crippen molar-refractivity contribution in [2.45, 2.75) is 24.8 Å². The number of hydrogen-bond acceptors (Lipinski definition) is 3. The number of carbonyl (C=O) groups is 2. The SMILES string of the molecule is C[N+]1=C2CCC(c3ccc(Cl)nc3)N2C(=O)C(c2ccccc2)C1=O. The Kier molecular flexibility index (Phi) is 3.88. The largest absolute Gasteiger partial charge is 0.329 e. The normalized spacial score (nSPS) is 23.2. The molecular formula is C19H17ClN3O2+. The van der Waals surface area contributed by atoms with Crippen molar-refractivity contribution in [2.75, 3.05) is 7.05 Å². The van der Waals surface area contributed by atoms with Crippen LogP contribution in [-0.2, 0) is 9.59 Å². The zero-order chi connectivity index (χ0) is 17.6. The molecule has 25 heavy (non-hydrogen) atoms. The van der Waals surface area contributed by atoms with Gasteiger partial charge in [-0.3, -0.25) is 0 Å². The van der Waals surface area contributed by atoms with Crippen LogP contribution in [0.5, 0.6) is 0 Å². The summed E-state index contributed by atoms with van der Waals surface area (Å²) in [6, 6.07) is 12.7. The summed E-state index contributed by atoms with van der Waals surface area (Å²) in [6.45, 7) is 0. The molecule has 5 nitrogen and oxygen atoms in total. The van der Waals surface area contributed by atoms with E-state index in [4.69, 9.17) is 11.6 Å². The number of halogens is 1. The highest BCUT2D eigenvalue weighted by atomic mass is 35.5. The number of nitrogens with zero attached hydrogens (tertiary/aromatic N) is 3. The maximum atomic E-state index is 13.2. The molecule has 2 aliphatic heterocycles. The van der Waals surface area contributed by atoms with E-state index in [1.54, 1.807) is 28.8 Å². The van der Waals surface area contributed by atoms with E-state index in [-0.39, 0.29) is 17.9 Å². The molecule has 4 rings (SSSR count). The lowest BCUT2D eigenvalue weighted by Gasteiger charge is -2.27. The zero-order valence-corrected chi connectivity index (χ0v) is 14.5. The molecule has 0 spiro atoms. The number of carbonyl (C=O) groups excluding carboxylic acids is 2. The fraction of sp³-hybridized carbons (Fsp3) is 0.263. The first-order valence-electron chi connectivity index (χ1n) is 8.21. The van der Waals surface area contributed by atoms with Gasteiger partial charge in [0.05, 0.1) is 13.5 Å². The summed E-state index contributed by atoms with van der Waals surface area (Å²) in [5.41, 5.74) is 1.66. The molecule has 2 aliphatic rings. The third kappa shape index (κ3) is 2.55. The maximum Gasteiger partial charge on any atom is 0.329 e. The van der Waals surface area contributed by atoms with Crippen molar-refractivity contribution < 1.29 is 14.2 Å². The van der Waals surface area contributed by atoms with Gasteiger partial charge in [0.25, 0.3) is 5.84 Å². The highest BCUT2D eigenvalue weighted by Gasteiger charge is 2.53. The Hall–Kier alpha value is -2.53. The van der Waals surface area contributed by atoms with Crippen LogP contribution < -0.4 is 0 Å². The predicted octanol–water partition coefficient (Wildman–Crippen LogP) is 2.76. The average Bonchev–Trinajstić information content (AvgIpc) is 3.07. The Balaban J connectivity index is 1.78. The predicted molar refractivity (Wildman–Crippen MR) is 93.4 cm³/mol. The number of benzene rings is 1. The minimum absolute atomic E-state index is 0.117. The maximum absolute atomic E-state index is 13.2. The fourth-order valence-corrected chi connectivity index (χ4v) is 3.81. The number of hydrogen-bond donors (Lipinski definition) is 0. The molecule has 1 aromatic carbocycles. The van der Waals surface area contributed by atoms with Gasteiger partial charge in [-0.2, -0.15) is 4.90 Å². The van der Waals surface area contributed by atoms with Crippen LogP contribution in [0.2, 0.25) is 5.15 Å². The van der Waals surface area contributed by atoms with Crippen molar-refractivity contribution in [1.29, 1.82) is 0 Å².